The molecule has 0 atom stereocenters. The molecule has 0 fully saturated rings. The quantitative estimate of drug-likeness (QED) is 0.633. The Morgan fingerprint density at radius 1 is 1.27 bits per heavy atom. The second kappa shape index (κ2) is 7.20. The Hall–Kier alpha value is -1.13. The van der Waals surface area contributed by atoms with Crippen molar-refractivity contribution in [2.24, 2.45) is 0 Å². The summed E-state index contributed by atoms with van der Waals surface area (Å²) in [6.07, 6.45) is 3.59. The zero-order chi connectivity index (χ0) is 10.9. The van der Waals surface area contributed by atoms with Crippen LogP contribution in [0, 0.1) is 0 Å². The third-order valence-corrected chi connectivity index (χ3v) is 2.19. The van der Waals surface area contributed by atoms with E-state index in [1.54, 1.807) is 22.9 Å². The van der Waals surface area contributed by atoms with Gasteiger partial charge in [-0.15, -0.1) is 0 Å². The van der Waals surface area contributed by atoms with Crippen molar-refractivity contribution in [1.82, 2.24) is 9.88 Å². The largest absolute Gasteiger partial charge is 0.396 e. The summed E-state index contributed by atoms with van der Waals surface area (Å²) in [6.45, 7) is 2.62. The summed E-state index contributed by atoms with van der Waals surface area (Å²) in [5, 5.41) is 11.8. The summed E-state index contributed by atoms with van der Waals surface area (Å²) in [6, 6.07) is 5.16. The molecule has 0 aliphatic rings. The van der Waals surface area contributed by atoms with Crippen LogP contribution in [-0.4, -0.2) is 29.4 Å². The van der Waals surface area contributed by atoms with Gasteiger partial charge in [0.25, 0.3) is 5.56 Å². The first-order valence-electron chi connectivity index (χ1n) is 5.31. The number of pyridine rings is 1. The van der Waals surface area contributed by atoms with Crippen LogP contribution in [0.1, 0.15) is 12.8 Å². The van der Waals surface area contributed by atoms with Gasteiger partial charge in [-0.3, -0.25) is 4.79 Å². The molecule has 1 aromatic heterocycles. The number of unbranched alkanes of at least 4 members (excludes halogenated alkanes) is 1. The molecular formula is C11H18N2O2. The first-order valence-corrected chi connectivity index (χ1v) is 5.31. The molecule has 0 saturated heterocycles. The molecule has 4 nitrogen and oxygen atoms in total. The first kappa shape index (κ1) is 11.9. The normalized spacial score (nSPS) is 10.5. The van der Waals surface area contributed by atoms with Gasteiger partial charge in [-0.25, -0.2) is 0 Å². The second-order valence-corrected chi connectivity index (χ2v) is 3.41. The van der Waals surface area contributed by atoms with Crippen molar-refractivity contribution in [3.8, 4) is 0 Å². The lowest BCUT2D eigenvalue weighted by atomic mass is 10.3. The van der Waals surface area contributed by atoms with Crippen LogP contribution in [0.4, 0.5) is 0 Å². The first-order chi connectivity index (χ1) is 7.34. The average molecular weight is 210 g/mol. The fraction of sp³-hybridized carbons (Fsp3) is 0.545. The van der Waals surface area contributed by atoms with Gasteiger partial charge in [0.05, 0.1) is 0 Å². The van der Waals surface area contributed by atoms with E-state index in [4.69, 9.17) is 5.11 Å². The second-order valence-electron chi connectivity index (χ2n) is 3.41. The van der Waals surface area contributed by atoms with E-state index < -0.39 is 0 Å². The van der Waals surface area contributed by atoms with E-state index in [1.165, 1.54) is 0 Å². The summed E-state index contributed by atoms with van der Waals surface area (Å²) in [4.78, 5) is 11.3. The molecular weight excluding hydrogens is 192 g/mol. The molecule has 1 heterocycles. The number of nitrogens with one attached hydrogen (secondary N) is 1. The van der Waals surface area contributed by atoms with Crippen LogP contribution in [0.15, 0.2) is 29.2 Å². The van der Waals surface area contributed by atoms with Gasteiger partial charge in [0.15, 0.2) is 0 Å². The Morgan fingerprint density at radius 3 is 2.87 bits per heavy atom. The van der Waals surface area contributed by atoms with E-state index in [1.807, 2.05) is 6.07 Å². The van der Waals surface area contributed by atoms with Crippen molar-refractivity contribution in [2.45, 2.75) is 19.4 Å². The lowest BCUT2D eigenvalue weighted by molar-refractivity contribution is 0.283. The number of hydrogen-bond donors (Lipinski definition) is 2. The smallest absolute Gasteiger partial charge is 0.250 e. The van der Waals surface area contributed by atoms with Crippen molar-refractivity contribution < 1.29 is 5.11 Å². The summed E-state index contributed by atoms with van der Waals surface area (Å²) in [7, 11) is 0. The van der Waals surface area contributed by atoms with Crippen LogP contribution in [0.2, 0.25) is 0 Å². The average Bonchev–Trinajstić information content (AvgIpc) is 2.25. The molecule has 0 aliphatic heterocycles. The fourth-order valence-corrected chi connectivity index (χ4v) is 1.33. The molecule has 84 valence electrons. The Labute approximate surface area is 89.6 Å². The predicted octanol–water partition coefficient (Wildman–Crippen LogP) is 0.210. The van der Waals surface area contributed by atoms with Gasteiger partial charge < -0.3 is 15.0 Å². The molecule has 0 spiro atoms. The van der Waals surface area contributed by atoms with E-state index in [2.05, 4.69) is 5.32 Å². The number of hydrogen-bond acceptors (Lipinski definition) is 3. The highest BCUT2D eigenvalue weighted by Gasteiger charge is 1.92. The number of aliphatic hydroxyl groups excluding tert-OH is 1. The van der Waals surface area contributed by atoms with Gasteiger partial charge in [-0.1, -0.05) is 6.07 Å². The fourth-order valence-electron chi connectivity index (χ4n) is 1.33. The van der Waals surface area contributed by atoms with Gasteiger partial charge in [0, 0.05) is 32.0 Å². The molecule has 2 N–H and O–H groups in total. The zero-order valence-corrected chi connectivity index (χ0v) is 8.85. The highest BCUT2D eigenvalue weighted by molar-refractivity contribution is 4.93. The molecule has 4 heteroatoms. The van der Waals surface area contributed by atoms with E-state index in [-0.39, 0.29) is 12.2 Å². The van der Waals surface area contributed by atoms with Crippen LogP contribution >= 0.6 is 0 Å². The third kappa shape index (κ3) is 4.76. The molecule has 0 saturated carbocycles. The Kier molecular flexibility index (Phi) is 5.73. The van der Waals surface area contributed by atoms with Crippen LogP contribution in [0.3, 0.4) is 0 Å². The van der Waals surface area contributed by atoms with Crippen molar-refractivity contribution in [2.75, 3.05) is 19.7 Å². The van der Waals surface area contributed by atoms with Crippen molar-refractivity contribution >= 4 is 0 Å². The molecule has 0 amide bonds. The maximum Gasteiger partial charge on any atom is 0.250 e. The van der Waals surface area contributed by atoms with E-state index in [0.717, 1.165) is 25.9 Å². The van der Waals surface area contributed by atoms with Crippen LogP contribution < -0.4 is 10.9 Å². The molecule has 0 radical (unpaired) electrons. The summed E-state index contributed by atoms with van der Waals surface area (Å²) in [5.74, 6) is 0. The zero-order valence-electron chi connectivity index (χ0n) is 8.85. The van der Waals surface area contributed by atoms with Gasteiger partial charge in [0.1, 0.15) is 0 Å². The van der Waals surface area contributed by atoms with Gasteiger partial charge in [-0.05, 0) is 25.5 Å². The minimum atomic E-state index is 0.0367. The van der Waals surface area contributed by atoms with E-state index >= 15 is 0 Å². The summed E-state index contributed by atoms with van der Waals surface area (Å²) < 4.78 is 1.68. The van der Waals surface area contributed by atoms with Crippen molar-refractivity contribution in [3.63, 3.8) is 0 Å². The van der Waals surface area contributed by atoms with Crippen molar-refractivity contribution in [3.05, 3.63) is 34.7 Å². The molecule has 0 unspecified atom stereocenters. The van der Waals surface area contributed by atoms with E-state index in [9.17, 15) is 4.79 Å². The minimum Gasteiger partial charge on any atom is -0.396 e. The van der Waals surface area contributed by atoms with Crippen LogP contribution in [0.25, 0.3) is 0 Å². The topological polar surface area (TPSA) is 54.3 Å². The molecule has 15 heavy (non-hydrogen) atoms. The summed E-state index contributed by atoms with van der Waals surface area (Å²) >= 11 is 0. The van der Waals surface area contributed by atoms with Gasteiger partial charge >= 0.3 is 0 Å². The number of aliphatic hydroxyl groups is 1. The summed E-state index contributed by atoms with van der Waals surface area (Å²) in [5.41, 5.74) is 0.0367. The number of rotatable bonds is 7. The monoisotopic (exact) mass is 210 g/mol. The minimum absolute atomic E-state index is 0.0367. The Bertz CT molecular complexity index is 322. The maximum absolute atomic E-state index is 11.3. The van der Waals surface area contributed by atoms with Crippen LogP contribution in [0.5, 0.6) is 0 Å². The predicted molar refractivity (Wildman–Crippen MR) is 59.9 cm³/mol. The highest BCUT2D eigenvalue weighted by atomic mass is 16.2. The number of aromatic nitrogens is 1. The molecule has 0 bridgehead atoms. The number of nitrogens with zero attached hydrogens (tertiary/aromatic N) is 1. The van der Waals surface area contributed by atoms with Crippen molar-refractivity contribution in [1.29, 1.82) is 0 Å². The SMILES string of the molecule is O=c1ccccn1CCNCCCCO. The Morgan fingerprint density at radius 2 is 2.13 bits per heavy atom. The molecule has 0 aromatic carbocycles. The molecule has 0 aliphatic carbocycles. The van der Waals surface area contributed by atoms with Gasteiger partial charge in [0.2, 0.25) is 0 Å². The van der Waals surface area contributed by atoms with Crippen LogP contribution in [-0.2, 0) is 6.54 Å². The molecule has 1 aromatic rings. The molecule has 1 rings (SSSR count). The maximum atomic E-state index is 11.3. The third-order valence-electron chi connectivity index (χ3n) is 2.19. The standard InChI is InChI=1S/C11H18N2O2/c14-10-4-2-6-12-7-9-13-8-3-1-5-11(13)15/h1,3,5,8,12,14H,2,4,6-7,9-10H2. The Balaban J connectivity index is 2.15. The highest BCUT2D eigenvalue weighted by Crippen LogP contribution is 1.84. The van der Waals surface area contributed by atoms with E-state index in [0.29, 0.717) is 6.54 Å². The van der Waals surface area contributed by atoms with Gasteiger partial charge in [-0.2, -0.15) is 0 Å². The lowest BCUT2D eigenvalue weighted by Crippen LogP contribution is -2.26. The lowest BCUT2D eigenvalue weighted by Gasteiger charge is -2.06.